The molecule has 0 saturated carbocycles. The molecule has 1 heterocycles. The molecule has 1 N–H and O–H groups in total. The summed E-state index contributed by atoms with van der Waals surface area (Å²) in [6, 6.07) is 0. The molecule has 74 valence electrons. The van der Waals surface area contributed by atoms with Crippen LogP contribution in [-0.4, -0.2) is 27.6 Å². The van der Waals surface area contributed by atoms with Crippen molar-refractivity contribution in [2.24, 2.45) is 0 Å². The van der Waals surface area contributed by atoms with E-state index in [1.165, 1.54) is 12.5 Å². The van der Waals surface area contributed by atoms with Crippen molar-refractivity contribution >= 4 is 15.2 Å². The Morgan fingerprint density at radius 3 is 2.64 bits per heavy atom. The first-order valence-corrected chi connectivity index (χ1v) is 4.90. The molecule has 0 aliphatic carbocycles. The molecular formula is C6H9N2NaO4S. The van der Waals surface area contributed by atoms with Crippen LogP contribution in [0.15, 0.2) is 18.7 Å². The average Bonchev–Trinajstić information content (AvgIpc) is 2.50. The van der Waals surface area contributed by atoms with Gasteiger partial charge in [-0.25, -0.2) is 4.98 Å². The number of rotatable bonds is 3. The van der Waals surface area contributed by atoms with E-state index in [1.54, 1.807) is 10.8 Å². The smallest absolute Gasteiger partial charge is 1.00 e. The molecule has 0 aliphatic heterocycles. The van der Waals surface area contributed by atoms with E-state index in [0.29, 0.717) is 0 Å². The van der Waals surface area contributed by atoms with Crippen LogP contribution in [0, 0.1) is 0 Å². The Bertz CT molecular complexity index is 391. The first-order valence-electron chi connectivity index (χ1n) is 3.46. The van der Waals surface area contributed by atoms with Gasteiger partial charge in [-0.2, -0.15) is 8.42 Å². The van der Waals surface area contributed by atoms with Crippen molar-refractivity contribution < 1.29 is 48.7 Å². The van der Waals surface area contributed by atoms with Gasteiger partial charge in [0, 0.05) is 25.4 Å². The van der Waals surface area contributed by atoms with Crippen LogP contribution in [0.2, 0.25) is 0 Å². The van der Waals surface area contributed by atoms with Crippen molar-refractivity contribution in [2.45, 2.75) is 13.0 Å². The average molecular weight is 228 g/mol. The van der Waals surface area contributed by atoms with E-state index < -0.39 is 15.2 Å². The zero-order chi connectivity index (χ0) is 9.90. The molecular weight excluding hydrogens is 219 g/mol. The van der Waals surface area contributed by atoms with E-state index in [-0.39, 0.29) is 43.9 Å². The fraction of sp³-hybridized carbons (Fsp3) is 0.333. The van der Waals surface area contributed by atoms with Gasteiger partial charge in [0.2, 0.25) is 0 Å². The van der Waals surface area contributed by atoms with Gasteiger partial charge in [0.1, 0.15) is 0 Å². The fourth-order valence-electron chi connectivity index (χ4n) is 0.768. The van der Waals surface area contributed by atoms with Crippen LogP contribution in [0.5, 0.6) is 0 Å². The fourth-order valence-corrected chi connectivity index (χ4v) is 1.12. The van der Waals surface area contributed by atoms with Crippen LogP contribution in [0.4, 0.5) is 0 Å². The third-order valence-electron chi connectivity index (χ3n) is 1.42. The van der Waals surface area contributed by atoms with Crippen molar-refractivity contribution in [3.63, 3.8) is 0 Å². The molecule has 14 heavy (non-hydrogen) atoms. The van der Waals surface area contributed by atoms with Gasteiger partial charge < -0.3 is 5.99 Å². The number of carbonyl (C=O) groups excluding carboxylic acids is 1. The zero-order valence-electron chi connectivity index (χ0n) is 8.62. The predicted octanol–water partition coefficient (Wildman–Crippen LogP) is -3.20. The second-order valence-corrected chi connectivity index (χ2v) is 3.80. The Morgan fingerprint density at radius 2 is 2.21 bits per heavy atom. The molecule has 0 radical (unpaired) electrons. The molecule has 1 aromatic rings. The summed E-state index contributed by atoms with van der Waals surface area (Å²) < 4.78 is 30.4. The molecule has 0 atom stereocenters. The molecule has 0 bridgehead atoms. The maximum absolute atomic E-state index is 10.7. The number of imidazole rings is 1. The van der Waals surface area contributed by atoms with E-state index in [1.807, 2.05) is 0 Å². The number of hydrogen-bond donors (Lipinski definition) is 1. The topological polar surface area (TPSA) is 89.3 Å². The Morgan fingerprint density at radius 1 is 1.57 bits per heavy atom. The first kappa shape index (κ1) is 13.8. The standard InChI is InChI=1S/C6H8N2O4S.Na.H/c9-6(13(10,11)12)1-3-8-4-2-7-5-8;;/h2,4-5H,1,3H2,(H,10,11,12);;/q;+1;-1. The molecule has 0 spiro atoms. The Labute approximate surface area is 105 Å². The summed E-state index contributed by atoms with van der Waals surface area (Å²) in [5.41, 5.74) is 0. The monoisotopic (exact) mass is 228 g/mol. The largest absolute Gasteiger partial charge is 1.00 e. The summed E-state index contributed by atoms with van der Waals surface area (Å²) in [6.45, 7) is 0.193. The van der Waals surface area contributed by atoms with Crippen molar-refractivity contribution in [1.29, 1.82) is 0 Å². The van der Waals surface area contributed by atoms with Crippen molar-refractivity contribution in [2.75, 3.05) is 0 Å². The summed E-state index contributed by atoms with van der Waals surface area (Å²) in [5.74, 6) is 0. The number of aryl methyl sites for hydroxylation is 1. The molecule has 0 unspecified atom stereocenters. The third kappa shape index (κ3) is 4.34. The van der Waals surface area contributed by atoms with Crippen LogP contribution < -0.4 is 29.6 Å². The van der Waals surface area contributed by atoms with Crippen molar-refractivity contribution in [3.05, 3.63) is 18.7 Å². The molecule has 0 aliphatic rings. The minimum Gasteiger partial charge on any atom is -1.00 e. The normalized spacial score (nSPS) is 10.6. The second-order valence-electron chi connectivity index (χ2n) is 2.40. The molecule has 1 aromatic heterocycles. The van der Waals surface area contributed by atoms with Crippen LogP contribution in [0.3, 0.4) is 0 Å². The predicted molar refractivity (Wildman–Crippen MR) is 44.5 cm³/mol. The van der Waals surface area contributed by atoms with E-state index in [9.17, 15) is 13.2 Å². The number of carbonyl (C=O) groups is 1. The second kappa shape index (κ2) is 5.62. The van der Waals surface area contributed by atoms with E-state index in [2.05, 4.69) is 4.98 Å². The van der Waals surface area contributed by atoms with Gasteiger partial charge in [0.05, 0.1) is 6.33 Å². The first-order chi connectivity index (χ1) is 6.00. The maximum atomic E-state index is 10.7. The van der Waals surface area contributed by atoms with Gasteiger partial charge >= 0.3 is 39.7 Å². The minimum absolute atomic E-state index is 0. The van der Waals surface area contributed by atoms with Crippen molar-refractivity contribution in [1.82, 2.24) is 9.55 Å². The molecule has 0 amide bonds. The minimum atomic E-state index is -4.53. The summed E-state index contributed by atoms with van der Waals surface area (Å²) in [6.07, 6.45) is 4.31. The number of aromatic nitrogens is 2. The van der Waals surface area contributed by atoms with Crippen molar-refractivity contribution in [3.8, 4) is 0 Å². The van der Waals surface area contributed by atoms with E-state index in [4.69, 9.17) is 4.55 Å². The van der Waals surface area contributed by atoms with Gasteiger partial charge in [0.25, 0.3) is 5.12 Å². The molecule has 0 saturated heterocycles. The molecule has 8 heteroatoms. The summed E-state index contributed by atoms with van der Waals surface area (Å²) >= 11 is 0. The molecule has 0 fully saturated rings. The SMILES string of the molecule is O=C(CCn1ccnc1)S(=O)(=O)O.[H-].[Na+]. The summed E-state index contributed by atoms with van der Waals surface area (Å²) in [7, 11) is -4.53. The summed E-state index contributed by atoms with van der Waals surface area (Å²) in [5, 5.41) is -1.18. The van der Waals surface area contributed by atoms with Gasteiger partial charge in [-0.1, -0.05) is 0 Å². The van der Waals surface area contributed by atoms with Crippen LogP contribution in [-0.2, 0) is 21.5 Å². The molecule has 1 rings (SSSR count). The van der Waals surface area contributed by atoms with Gasteiger partial charge in [0.15, 0.2) is 0 Å². The Balaban J connectivity index is 0. The molecule has 6 nitrogen and oxygen atoms in total. The van der Waals surface area contributed by atoms with E-state index >= 15 is 0 Å². The Kier molecular flexibility index (Phi) is 5.53. The maximum Gasteiger partial charge on any atom is 1.00 e. The summed E-state index contributed by atoms with van der Waals surface area (Å²) in [4.78, 5) is 14.4. The Hall–Kier alpha value is -0.210. The van der Waals surface area contributed by atoms with E-state index in [0.717, 1.165) is 0 Å². The molecule has 0 aromatic carbocycles. The van der Waals surface area contributed by atoms with Gasteiger partial charge in [-0.15, -0.1) is 0 Å². The quantitative estimate of drug-likeness (QED) is 0.435. The van der Waals surface area contributed by atoms with Gasteiger partial charge in [-0.05, 0) is 0 Å². The van der Waals surface area contributed by atoms with Gasteiger partial charge in [-0.3, -0.25) is 9.35 Å². The van der Waals surface area contributed by atoms with Crippen LogP contribution in [0.1, 0.15) is 7.85 Å². The number of hydrogen-bond acceptors (Lipinski definition) is 4. The van der Waals surface area contributed by atoms with Crippen LogP contribution >= 0.6 is 0 Å². The third-order valence-corrected chi connectivity index (χ3v) is 2.20. The van der Waals surface area contributed by atoms with Crippen LogP contribution in [0.25, 0.3) is 0 Å². The zero-order valence-corrected chi connectivity index (χ0v) is 10.4. The number of nitrogens with zero attached hydrogens (tertiary/aromatic N) is 2.